The zero-order chi connectivity index (χ0) is 14.8. The summed E-state index contributed by atoms with van der Waals surface area (Å²) in [4.78, 5) is 4.60. The van der Waals surface area contributed by atoms with E-state index in [0.717, 1.165) is 43.2 Å². The predicted octanol–water partition coefficient (Wildman–Crippen LogP) is 3.04. The molecule has 0 aliphatic carbocycles. The largest absolute Gasteiger partial charge is 0.397 e. The molecular formula is C17H20FN3. The Kier molecular flexibility index (Phi) is 3.69. The summed E-state index contributed by atoms with van der Waals surface area (Å²) in [5.41, 5.74) is 10.3. The second-order valence-corrected chi connectivity index (χ2v) is 5.51. The van der Waals surface area contributed by atoms with Gasteiger partial charge in [0.05, 0.1) is 11.4 Å². The Morgan fingerprint density at radius 1 is 0.905 bits per heavy atom. The number of hydrogen-bond donors (Lipinski definition) is 1. The minimum Gasteiger partial charge on any atom is -0.397 e. The fourth-order valence-corrected chi connectivity index (χ4v) is 2.79. The molecule has 2 N–H and O–H groups in total. The predicted molar refractivity (Wildman–Crippen MR) is 86.4 cm³/mol. The summed E-state index contributed by atoms with van der Waals surface area (Å²) >= 11 is 0. The third-order valence-electron chi connectivity index (χ3n) is 4.00. The van der Waals surface area contributed by atoms with E-state index >= 15 is 0 Å². The van der Waals surface area contributed by atoms with Crippen LogP contribution in [-0.2, 0) is 0 Å². The topological polar surface area (TPSA) is 32.5 Å². The minimum absolute atomic E-state index is 0.190. The molecule has 0 spiro atoms. The molecule has 0 radical (unpaired) electrons. The van der Waals surface area contributed by atoms with Crippen molar-refractivity contribution in [2.45, 2.75) is 6.92 Å². The number of nitrogen functional groups attached to an aromatic ring is 1. The molecule has 3 nitrogen and oxygen atoms in total. The maximum Gasteiger partial charge on any atom is 0.123 e. The van der Waals surface area contributed by atoms with Gasteiger partial charge in [0.1, 0.15) is 5.82 Å². The highest BCUT2D eigenvalue weighted by molar-refractivity contribution is 5.69. The van der Waals surface area contributed by atoms with Crippen LogP contribution in [0.2, 0.25) is 0 Å². The molecule has 0 bridgehead atoms. The van der Waals surface area contributed by atoms with Crippen molar-refractivity contribution in [1.29, 1.82) is 0 Å². The highest BCUT2D eigenvalue weighted by atomic mass is 19.1. The number of benzene rings is 2. The van der Waals surface area contributed by atoms with E-state index in [0.29, 0.717) is 0 Å². The summed E-state index contributed by atoms with van der Waals surface area (Å²) in [6.45, 7) is 5.76. The maximum absolute atomic E-state index is 13.0. The van der Waals surface area contributed by atoms with Crippen molar-refractivity contribution in [2.24, 2.45) is 0 Å². The van der Waals surface area contributed by atoms with Gasteiger partial charge < -0.3 is 15.5 Å². The molecule has 1 aliphatic heterocycles. The van der Waals surface area contributed by atoms with Crippen LogP contribution in [-0.4, -0.2) is 26.2 Å². The zero-order valence-corrected chi connectivity index (χ0v) is 12.2. The smallest absolute Gasteiger partial charge is 0.123 e. The number of aryl methyl sites for hydroxylation is 1. The van der Waals surface area contributed by atoms with Crippen LogP contribution in [0.1, 0.15) is 5.56 Å². The van der Waals surface area contributed by atoms with E-state index < -0.39 is 0 Å². The normalized spacial score (nSPS) is 15.3. The summed E-state index contributed by atoms with van der Waals surface area (Å²) in [6, 6.07) is 12.9. The van der Waals surface area contributed by atoms with Gasteiger partial charge in [0, 0.05) is 31.9 Å². The van der Waals surface area contributed by atoms with Gasteiger partial charge in [0.15, 0.2) is 0 Å². The second-order valence-electron chi connectivity index (χ2n) is 5.51. The lowest BCUT2D eigenvalue weighted by Crippen LogP contribution is -2.46. The molecule has 2 aromatic rings. The Labute approximate surface area is 124 Å². The SMILES string of the molecule is Cc1ccc(N)c(N2CCN(c3ccc(F)cc3)CC2)c1. The third-order valence-corrected chi connectivity index (χ3v) is 4.00. The Hall–Kier alpha value is -2.23. The van der Waals surface area contributed by atoms with Gasteiger partial charge in [-0.2, -0.15) is 0 Å². The summed E-state index contributed by atoms with van der Waals surface area (Å²) in [6.07, 6.45) is 0. The Bertz CT molecular complexity index is 616. The third kappa shape index (κ3) is 2.94. The number of halogens is 1. The number of nitrogens with zero attached hydrogens (tertiary/aromatic N) is 2. The molecule has 1 fully saturated rings. The van der Waals surface area contributed by atoms with E-state index in [1.165, 1.54) is 17.7 Å². The van der Waals surface area contributed by atoms with Crippen LogP contribution >= 0.6 is 0 Å². The van der Waals surface area contributed by atoms with Crippen LogP contribution in [0.5, 0.6) is 0 Å². The molecule has 110 valence electrons. The van der Waals surface area contributed by atoms with Gasteiger partial charge in [-0.15, -0.1) is 0 Å². The molecule has 21 heavy (non-hydrogen) atoms. The van der Waals surface area contributed by atoms with Gasteiger partial charge in [0.25, 0.3) is 0 Å². The van der Waals surface area contributed by atoms with Crippen molar-refractivity contribution in [3.8, 4) is 0 Å². The van der Waals surface area contributed by atoms with Crippen molar-refractivity contribution in [1.82, 2.24) is 0 Å². The van der Waals surface area contributed by atoms with Gasteiger partial charge in [0.2, 0.25) is 0 Å². The molecule has 0 amide bonds. The van der Waals surface area contributed by atoms with E-state index in [9.17, 15) is 4.39 Å². The van der Waals surface area contributed by atoms with Crippen molar-refractivity contribution in [3.05, 3.63) is 53.8 Å². The molecule has 0 atom stereocenters. The second kappa shape index (κ2) is 5.64. The number of piperazine rings is 1. The summed E-state index contributed by atoms with van der Waals surface area (Å²) in [7, 11) is 0. The molecule has 0 unspecified atom stereocenters. The van der Waals surface area contributed by atoms with E-state index in [2.05, 4.69) is 22.8 Å². The van der Waals surface area contributed by atoms with Gasteiger partial charge in [-0.25, -0.2) is 4.39 Å². The zero-order valence-electron chi connectivity index (χ0n) is 12.2. The quantitative estimate of drug-likeness (QED) is 0.861. The molecule has 0 saturated carbocycles. The molecule has 0 aromatic heterocycles. The lowest BCUT2D eigenvalue weighted by Gasteiger charge is -2.38. The number of nitrogens with two attached hydrogens (primary N) is 1. The molecular weight excluding hydrogens is 265 g/mol. The molecule has 2 aromatic carbocycles. The minimum atomic E-state index is -0.190. The van der Waals surface area contributed by atoms with Crippen molar-refractivity contribution in [3.63, 3.8) is 0 Å². The van der Waals surface area contributed by atoms with Crippen LogP contribution in [0, 0.1) is 12.7 Å². The lowest BCUT2D eigenvalue weighted by molar-refractivity contribution is 0.625. The van der Waals surface area contributed by atoms with Crippen molar-refractivity contribution in [2.75, 3.05) is 41.7 Å². The van der Waals surface area contributed by atoms with E-state index in [-0.39, 0.29) is 5.82 Å². The fraction of sp³-hybridized carbons (Fsp3) is 0.294. The van der Waals surface area contributed by atoms with E-state index in [1.807, 2.05) is 24.3 Å². The lowest BCUT2D eigenvalue weighted by atomic mass is 10.1. The highest BCUT2D eigenvalue weighted by Crippen LogP contribution is 2.26. The number of rotatable bonds is 2. The van der Waals surface area contributed by atoms with Crippen LogP contribution in [0.25, 0.3) is 0 Å². The van der Waals surface area contributed by atoms with Crippen LogP contribution in [0.4, 0.5) is 21.5 Å². The van der Waals surface area contributed by atoms with Gasteiger partial charge in [-0.1, -0.05) is 6.07 Å². The van der Waals surface area contributed by atoms with Crippen LogP contribution in [0.15, 0.2) is 42.5 Å². The average molecular weight is 285 g/mol. The molecule has 1 aliphatic rings. The Balaban J connectivity index is 1.70. The van der Waals surface area contributed by atoms with Gasteiger partial charge in [-0.05, 0) is 48.9 Å². The number of anilines is 3. The average Bonchev–Trinajstić information content (AvgIpc) is 2.51. The van der Waals surface area contributed by atoms with Gasteiger partial charge in [-0.3, -0.25) is 0 Å². The first kappa shape index (κ1) is 13.7. The van der Waals surface area contributed by atoms with E-state index in [4.69, 9.17) is 5.73 Å². The first-order chi connectivity index (χ1) is 10.1. The monoisotopic (exact) mass is 285 g/mol. The molecule has 4 heteroatoms. The standard InChI is InChI=1S/C17H20FN3/c1-13-2-7-16(19)17(12-13)21-10-8-20(9-11-21)15-5-3-14(18)4-6-15/h2-7,12H,8-11,19H2,1H3. The molecule has 1 saturated heterocycles. The summed E-state index contributed by atoms with van der Waals surface area (Å²) in [5, 5.41) is 0. The summed E-state index contributed by atoms with van der Waals surface area (Å²) in [5.74, 6) is -0.190. The Morgan fingerprint density at radius 3 is 2.19 bits per heavy atom. The molecule has 3 rings (SSSR count). The van der Waals surface area contributed by atoms with E-state index in [1.54, 1.807) is 0 Å². The fourth-order valence-electron chi connectivity index (χ4n) is 2.79. The molecule has 1 heterocycles. The van der Waals surface area contributed by atoms with Crippen LogP contribution < -0.4 is 15.5 Å². The van der Waals surface area contributed by atoms with Crippen LogP contribution in [0.3, 0.4) is 0 Å². The number of hydrogen-bond acceptors (Lipinski definition) is 3. The summed E-state index contributed by atoms with van der Waals surface area (Å²) < 4.78 is 13.0. The Morgan fingerprint density at radius 2 is 1.52 bits per heavy atom. The van der Waals surface area contributed by atoms with Gasteiger partial charge >= 0.3 is 0 Å². The first-order valence-electron chi connectivity index (χ1n) is 7.25. The van der Waals surface area contributed by atoms with Crippen molar-refractivity contribution < 1.29 is 4.39 Å². The first-order valence-corrected chi connectivity index (χ1v) is 7.25. The maximum atomic E-state index is 13.0. The highest BCUT2D eigenvalue weighted by Gasteiger charge is 2.19. The van der Waals surface area contributed by atoms with Crippen molar-refractivity contribution >= 4 is 17.1 Å².